The van der Waals surface area contributed by atoms with E-state index in [2.05, 4.69) is 39.4 Å². The van der Waals surface area contributed by atoms with Crippen molar-refractivity contribution in [1.29, 1.82) is 0 Å². The lowest BCUT2D eigenvalue weighted by Crippen LogP contribution is -2.30. The maximum atomic E-state index is 6.30. The topological polar surface area (TPSA) is 55.9 Å². The number of rotatable bonds is 5. The molecule has 20 heavy (non-hydrogen) atoms. The van der Waals surface area contributed by atoms with Crippen LogP contribution in [0.25, 0.3) is 0 Å². The first-order valence-corrected chi connectivity index (χ1v) is 7.66. The van der Waals surface area contributed by atoms with Crippen LogP contribution in [-0.4, -0.2) is 9.78 Å². The van der Waals surface area contributed by atoms with Crippen LogP contribution in [0.1, 0.15) is 29.9 Å². The first-order valence-electron chi connectivity index (χ1n) is 6.49. The molecular weight excluding hydrogens is 340 g/mol. The molecule has 0 saturated carbocycles. The Morgan fingerprint density at radius 3 is 2.80 bits per heavy atom. The lowest BCUT2D eigenvalue weighted by Gasteiger charge is -2.18. The molecule has 4 nitrogen and oxygen atoms in total. The number of hydrogen-bond acceptors (Lipinski definition) is 3. The van der Waals surface area contributed by atoms with E-state index in [1.165, 1.54) is 0 Å². The normalized spacial score (nSPS) is 12.7. The van der Waals surface area contributed by atoms with Crippen molar-refractivity contribution < 1.29 is 0 Å². The smallest absolute Gasteiger partial charge is 0.0596 e. The molecule has 1 unspecified atom stereocenters. The summed E-state index contributed by atoms with van der Waals surface area (Å²) in [4.78, 5) is 0. The zero-order valence-electron chi connectivity index (χ0n) is 11.5. The molecule has 108 valence electrons. The predicted octanol–water partition coefficient (Wildman–Crippen LogP) is 3.37. The molecule has 0 aliphatic carbocycles. The molecule has 6 heteroatoms. The molecule has 1 atom stereocenters. The molecular formula is C14H18BrClN4. The number of hydrogen-bond donors (Lipinski definition) is 2. The minimum absolute atomic E-state index is 0.0444. The van der Waals surface area contributed by atoms with Gasteiger partial charge in [-0.1, -0.05) is 33.6 Å². The van der Waals surface area contributed by atoms with Crippen molar-refractivity contribution in [2.45, 2.75) is 32.9 Å². The first kappa shape index (κ1) is 15.5. The van der Waals surface area contributed by atoms with Crippen LogP contribution in [0.3, 0.4) is 0 Å². The monoisotopic (exact) mass is 356 g/mol. The fraction of sp³-hybridized carbons (Fsp3) is 0.357. The summed E-state index contributed by atoms with van der Waals surface area (Å²) in [6.07, 6.45) is 0.743. The molecule has 0 bridgehead atoms. The van der Waals surface area contributed by atoms with Crippen molar-refractivity contribution in [2.75, 3.05) is 0 Å². The van der Waals surface area contributed by atoms with Gasteiger partial charge in [0.25, 0.3) is 0 Å². The number of halogens is 2. The Hall–Kier alpha value is -0.880. The van der Waals surface area contributed by atoms with E-state index in [-0.39, 0.29) is 6.04 Å². The van der Waals surface area contributed by atoms with E-state index in [1.54, 1.807) is 0 Å². The number of nitrogens with one attached hydrogen (secondary N) is 1. The Labute approximate surface area is 132 Å². The third kappa shape index (κ3) is 3.41. The third-order valence-corrected chi connectivity index (χ3v) is 4.06. The Kier molecular flexibility index (Phi) is 5.21. The molecule has 0 saturated heterocycles. The van der Waals surface area contributed by atoms with Crippen molar-refractivity contribution in [1.82, 2.24) is 15.2 Å². The molecule has 0 radical (unpaired) electrons. The maximum absolute atomic E-state index is 6.30. The molecule has 0 spiro atoms. The lowest BCUT2D eigenvalue weighted by atomic mass is 10.0. The molecule has 1 aromatic carbocycles. The van der Waals surface area contributed by atoms with Crippen molar-refractivity contribution in [3.63, 3.8) is 0 Å². The number of benzene rings is 1. The predicted molar refractivity (Wildman–Crippen MR) is 85.6 cm³/mol. The standard InChI is InChI=1S/C14H18BrClN4/c1-3-20-11(6-9(2)19-20)8-14(18-17)12-5-4-10(15)7-13(12)16/h4-7,14,18H,3,8,17H2,1-2H3. The van der Waals surface area contributed by atoms with Crippen LogP contribution in [0, 0.1) is 6.92 Å². The fourth-order valence-electron chi connectivity index (χ4n) is 2.29. The highest BCUT2D eigenvalue weighted by Gasteiger charge is 2.17. The molecule has 2 rings (SSSR count). The van der Waals surface area contributed by atoms with Crippen LogP contribution in [0.5, 0.6) is 0 Å². The van der Waals surface area contributed by atoms with Gasteiger partial charge in [0.05, 0.1) is 11.7 Å². The van der Waals surface area contributed by atoms with Crippen LogP contribution < -0.4 is 11.3 Å². The molecule has 1 aromatic heterocycles. The first-order chi connectivity index (χ1) is 9.55. The summed E-state index contributed by atoms with van der Waals surface area (Å²) in [6.45, 7) is 4.91. The summed E-state index contributed by atoms with van der Waals surface area (Å²) in [5.41, 5.74) is 5.99. The van der Waals surface area contributed by atoms with Gasteiger partial charge in [0.15, 0.2) is 0 Å². The second kappa shape index (κ2) is 6.72. The van der Waals surface area contributed by atoms with Gasteiger partial charge in [-0.2, -0.15) is 5.10 Å². The molecule has 0 aliphatic rings. The summed E-state index contributed by atoms with van der Waals surface area (Å²) in [7, 11) is 0. The van der Waals surface area contributed by atoms with Gasteiger partial charge in [-0.25, -0.2) is 0 Å². The van der Waals surface area contributed by atoms with Gasteiger partial charge >= 0.3 is 0 Å². The van der Waals surface area contributed by atoms with Crippen molar-refractivity contribution in [2.24, 2.45) is 5.84 Å². The Morgan fingerprint density at radius 1 is 1.45 bits per heavy atom. The van der Waals surface area contributed by atoms with Crippen molar-refractivity contribution in [3.05, 3.63) is 50.7 Å². The molecule has 0 amide bonds. The Balaban J connectivity index is 2.28. The largest absolute Gasteiger partial charge is 0.271 e. The van der Waals surface area contributed by atoms with Gasteiger partial charge in [0.1, 0.15) is 0 Å². The van der Waals surface area contributed by atoms with Gasteiger partial charge in [-0.15, -0.1) is 0 Å². The zero-order chi connectivity index (χ0) is 14.7. The van der Waals surface area contributed by atoms with E-state index in [0.29, 0.717) is 5.02 Å². The van der Waals surface area contributed by atoms with Gasteiger partial charge in [-0.3, -0.25) is 16.0 Å². The number of nitrogens with zero attached hydrogens (tertiary/aromatic N) is 2. The zero-order valence-corrected chi connectivity index (χ0v) is 13.9. The van der Waals surface area contributed by atoms with E-state index in [0.717, 1.165) is 34.4 Å². The number of aryl methyl sites for hydroxylation is 2. The van der Waals surface area contributed by atoms with Gasteiger partial charge in [0, 0.05) is 28.2 Å². The summed E-state index contributed by atoms with van der Waals surface area (Å²) in [6, 6.07) is 7.87. The van der Waals surface area contributed by atoms with Gasteiger partial charge < -0.3 is 0 Å². The third-order valence-electron chi connectivity index (χ3n) is 3.24. The van der Waals surface area contributed by atoms with E-state index in [9.17, 15) is 0 Å². The molecule has 3 N–H and O–H groups in total. The maximum Gasteiger partial charge on any atom is 0.0596 e. The van der Waals surface area contributed by atoms with Gasteiger partial charge in [-0.05, 0) is 37.6 Å². The van der Waals surface area contributed by atoms with Crippen LogP contribution >= 0.6 is 27.5 Å². The fourth-order valence-corrected chi connectivity index (χ4v) is 3.09. The summed E-state index contributed by atoms with van der Waals surface area (Å²) in [5.74, 6) is 5.71. The van der Waals surface area contributed by atoms with E-state index >= 15 is 0 Å². The summed E-state index contributed by atoms with van der Waals surface area (Å²) < 4.78 is 2.95. The van der Waals surface area contributed by atoms with Crippen LogP contribution in [-0.2, 0) is 13.0 Å². The van der Waals surface area contributed by atoms with Crippen LogP contribution in [0.15, 0.2) is 28.7 Å². The highest BCUT2D eigenvalue weighted by Crippen LogP contribution is 2.28. The SMILES string of the molecule is CCn1nc(C)cc1CC(NN)c1ccc(Br)cc1Cl. The molecule has 0 aliphatic heterocycles. The van der Waals surface area contributed by atoms with Crippen LogP contribution in [0.2, 0.25) is 5.02 Å². The second-order valence-electron chi connectivity index (χ2n) is 4.68. The van der Waals surface area contributed by atoms with E-state index < -0.39 is 0 Å². The molecule has 1 heterocycles. The molecule has 0 fully saturated rings. The number of aromatic nitrogens is 2. The van der Waals surface area contributed by atoms with E-state index in [4.69, 9.17) is 17.4 Å². The average Bonchev–Trinajstić information content (AvgIpc) is 2.76. The Bertz CT molecular complexity index is 597. The van der Waals surface area contributed by atoms with Crippen molar-refractivity contribution >= 4 is 27.5 Å². The average molecular weight is 358 g/mol. The minimum Gasteiger partial charge on any atom is -0.271 e. The van der Waals surface area contributed by atoms with Crippen LogP contribution in [0.4, 0.5) is 0 Å². The second-order valence-corrected chi connectivity index (χ2v) is 6.00. The molecule has 2 aromatic rings. The minimum atomic E-state index is -0.0444. The number of hydrazine groups is 1. The lowest BCUT2D eigenvalue weighted by molar-refractivity contribution is 0.517. The summed E-state index contributed by atoms with van der Waals surface area (Å²) in [5, 5.41) is 5.15. The quantitative estimate of drug-likeness (QED) is 0.637. The highest BCUT2D eigenvalue weighted by atomic mass is 79.9. The van der Waals surface area contributed by atoms with E-state index in [1.807, 2.05) is 29.8 Å². The van der Waals surface area contributed by atoms with Gasteiger partial charge in [0.2, 0.25) is 0 Å². The van der Waals surface area contributed by atoms with Crippen molar-refractivity contribution in [3.8, 4) is 0 Å². The Morgan fingerprint density at radius 2 is 2.20 bits per heavy atom. The highest BCUT2D eigenvalue weighted by molar-refractivity contribution is 9.10. The summed E-state index contributed by atoms with van der Waals surface area (Å²) >= 11 is 9.71. The number of nitrogens with two attached hydrogens (primary N) is 1.